The number of hydrogen-bond acceptors (Lipinski definition) is 2. The molecular formula is C62H68N4O+2. The van der Waals surface area contributed by atoms with Crippen LogP contribution >= 0.6 is 0 Å². The predicted molar refractivity (Wildman–Crippen MR) is 285 cm³/mol. The summed E-state index contributed by atoms with van der Waals surface area (Å²) in [6, 6.07) is 52.9. The van der Waals surface area contributed by atoms with Gasteiger partial charge in [-0.25, -0.2) is 4.98 Å². The molecule has 0 fully saturated rings. The molecule has 0 unspecified atom stereocenters. The number of fused-ring (bicyclic) bond motifs is 4. The Kier molecular flexibility index (Phi) is 10.9. The number of rotatable bonds is 6. The van der Waals surface area contributed by atoms with Crippen LogP contribution in [0.4, 0.5) is 22.7 Å². The molecule has 0 bridgehead atoms. The fourth-order valence-electron chi connectivity index (χ4n) is 9.14. The predicted octanol–water partition coefficient (Wildman–Crippen LogP) is 17.0. The Morgan fingerprint density at radius 3 is 1.69 bits per heavy atom. The Bertz CT molecular complexity index is 3290. The van der Waals surface area contributed by atoms with Crippen molar-refractivity contribution in [3.8, 4) is 28.4 Å². The highest BCUT2D eigenvalue weighted by atomic mass is 16.5. The van der Waals surface area contributed by atoms with E-state index in [9.17, 15) is 0 Å². The number of pyridine rings is 1. The molecule has 9 rings (SSSR count). The fourth-order valence-corrected chi connectivity index (χ4v) is 9.14. The van der Waals surface area contributed by atoms with Gasteiger partial charge in [0, 0.05) is 47.3 Å². The minimum atomic E-state index is -0.172. The molecular weight excluding hydrogens is 817 g/mol. The monoisotopic (exact) mass is 885 g/mol. The van der Waals surface area contributed by atoms with Gasteiger partial charge >= 0.3 is 11.7 Å². The highest BCUT2D eigenvalue weighted by molar-refractivity contribution is 6.09. The molecule has 0 N–H and O–H groups in total. The molecule has 3 heterocycles. The summed E-state index contributed by atoms with van der Waals surface area (Å²) in [6.45, 7) is 34.2. The second kappa shape index (κ2) is 16.1. The van der Waals surface area contributed by atoms with E-state index in [1.165, 1.54) is 38.8 Å². The van der Waals surface area contributed by atoms with Gasteiger partial charge in [-0.3, -0.25) is 4.57 Å². The standard InChI is InChI=1S/C62H68N4O/c1-58(2,3)41-21-18-20-40(30-41)50-23-19-25-54-57(50)65(46-32-43(60(7,8)9)31-44(33-46)61(10,11)12)39-64(54)47-34-45(62(13,14)15)35-49(37-47)67-48-26-27-52-51-22-16-17-24-53(51)66(55(52)38-48)56-36-42(28-29-63-56)59(4,5)6/h16-38H,1-15H3/q+2. The summed E-state index contributed by atoms with van der Waals surface area (Å²) in [5.74, 6) is 2.41. The quantitative estimate of drug-likeness (QED) is 0.156. The SMILES string of the molecule is CC(C)(C)c1cccc(-c2cccc3c2[N+](c2cc(C(C)(C)C)cc(C(C)(C)C)c2)=C=[N+]3c2cc(Oc3ccc4c5ccccc5n(-c5cc(C(C)(C)C)ccn5)c4c3)cc(C(C)(C)C)c2)c1. The number of benzene rings is 6. The number of para-hydroxylation sites is 2. The van der Waals surface area contributed by atoms with Crippen molar-refractivity contribution in [2.45, 2.75) is 131 Å². The normalized spacial score (nSPS) is 13.5. The Labute approximate surface area is 399 Å². The van der Waals surface area contributed by atoms with Crippen LogP contribution in [0.5, 0.6) is 11.5 Å². The van der Waals surface area contributed by atoms with Gasteiger partial charge in [0.2, 0.25) is 11.4 Å². The molecule has 340 valence electrons. The summed E-state index contributed by atoms with van der Waals surface area (Å²) >= 11 is 0. The Morgan fingerprint density at radius 2 is 1.03 bits per heavy atom. The molecule has 8 aromatic rings. The maximum atomic E-state index is 7.03. The number of nitrogens with zero attached hydrogens (tertiary/aromatic N) is 4. The van der Waals surface area contributed by atoms with Crippen molar-refractivity contribution in [2.24, 2.45) is 0 Å². The van der Waals surface area contributed by atoms with Crippen LogP contribution in [-0.4, -0.2) is 15.6 Å². The van der Waals surface area contributed by atoms with Crippen LogP contribution in [0.2, 0.25) is 0 Å². The van der Waals surface area contributed by atoms with E-state index in [1.807, 2.05) is 6.20 Å². The Hall–Kier alpha value is -6.55. The highest BCUT2D eigenvalue weighted by Gasteiger charge is 2.41. The lowest BCUT2D eigenvalue weighted by molar-refractivity contribution is 0.479. The van der Waals surface area contributed by atoms with Gasteiger partial charge in [0.05, 0.1) is 22.7 Å². The summed E-state index contributed by atoms with van der Waals surface area (Å²) in [6.07, 6.45) is 1.93. The third kappa shape index (κ3) is 8.78. The lowest BCUT2D eigenvalue weighted by atomic mass is 9.80. The number of aromatic nitrogens is 2. The van der Waals surface area contributed by atoms with E-state index >= 15 is 0 Å². The third-order valence-corrected chi connectivity index (χ3v) is 13.4. The number of ether oxygens (including phenoxy) is 1. The van der Waals surface area contributed by atoms with Crippen LogP contribution in [0.15, 0.2) is 140 Å². The summed E-state index contributed by atoms with van der Waals surface area (Å²) in [5.41, 5.74) is 14.7. The Balaban J connectivity index is 1.25. The molecule has 2 aromatic heterocycles. The van der Waals surface area contributed by atoms with Crippen LogP contribution < -0.4 is 13.9 Å². The first-order valence-electron chi connectivity index (χ1n) is 23.9. The van der Waals surface area contributed by atoms with Crippen molar-refractivity contribution in [2.75, 3.05) is 0 Å². The minimum absolute atomic E-state index is 0.000293. The highest BCUT2D eigenvalue weighted by Crippen LogP contribution is 2.46. The van der Waals surface area contributed by atoms with Crippen LogP contribution in [0.25, 0.3) is 38.8 Å². The van der Waals surface area contributed by atoms with Crippen LogP contribution in [-0.2, 0) is 27.1 Å². The van der Waals surface area contributed by atoms with Gasteiger partial charge in [-0.05, 0) is 112 Å². The van der Waals surface area contributed by atoms with E-state index in [2.05, 4.69) is 257 Å². The lowest BCUT2D eigenvalue weighted by Gasteiger charge is -2.24. The zero-order valence-electron chi connectivity index (χ0n) is 42.5. The van der Waals surface area contributed by atoms with Gasteiger partial charge in [-0.1, -0.05) is 158 Å². The molecule has 0 amide bonds. The van der Waals surface area contributed by atoms with Gasteiger partial charge in [0.1, 0.15) is 17.3 Å². The fraction of sp³-hybridized carbons (Fsp3) is 0.323. The second-order valence-corrected chi connectivity index (χ2v) is 23.8. The summed E-state index contributed by atoms with van der Waals surface area (Å²) in [4.78, 5) is 4.93. The molecule has 1 aliphatic rings. The first kappa shape index (κ1) is 45.6. The van der Waals surface area contributed by atoms with Crippen LogP contribution in [0.3, 0.4) is 0 Å². The molecule has 0 radical (unpaired) electrons. The molecule has 1 aliphatic heterocycles. The van der Waals surface area contributed by atoms with E-state index in [4.69, 9.17) is 9.72 Å². The topological polar surface area (TPSA) is 33.1 Å². The van der Waals surface area contributed by atoms with Crippen molar-refractivity contribution in [1.29, 1.82) is 0 Å². The smallest absolute Gasteiger partial charge is 0.457 e. The largest absolute Gasteiger partial charge is 0.503 e. The van der Waals surface area contributed by atoms with E-state index in [0.717, 1.165) is 62.0 Å². The van der Waals surface area contributed by atoms with Gasteiger partial charge in [0.25, 0.3) is 5.69 Å². The molecule has 67 heavy (non-hydrogen) atoms. The molecule has 0 saturated carbocycles. The second-order valence-electron chi connectivity index (χ2n) is 23.8. The maximum Gasteiger partial charge on any atom is 0.503 e. The maximum absolute atomic E-state index is 7.03. The van der Waals surface area contributed by atoms with Crippen molar-refractivity contribution in [3.05, 3.63) is 167 Å². The molecule has 0 spiro atoms. The molecule has 0 saturated heterocycles. The van der Waals surface area contributed by atoms with Crippen molar-refractivity contribution in [1.82, 2.24) is 18.7 Å². The summed E-state index contributed by atoms with van der Waals surface area (Å²) < 4.78 is 13.8. The van der Waals surface area contributed by atoms with Crippen molar-refractivity contribution in [3.63, 3.8) is 0 Å². The average Bonchev–Trinajstić information content (AvgIpc) is 3.81. The molecule has 0 aliphatic carbocycles. The Morgan fingerprint density at radius 1 is 0.448 bits per heavy atom. The summed E-state index contributed by atoms with van der Waals surface area (Å²) in [7, 11) is 0. The van der Waals surface area contributed by atoms with E-state index in [0.29, 0.717) is 0 Å². The lowest BCUT2D eigenvalue weighted by Crippen LogP contribution is -2.17. The third-order valence-electron chi connectivity index (χ3n) is 13.4. The molecule has 0 atom stereocenters. The van der Waals surface area contributed by atoms with Crippen LogP contribution in [0.1, 0.15) is 132 Å². The van der Waals surface area contributed by atoms with Crippen molar-refractivity contribution < 1.29 is 4.74 Å². The number of hydrogen-bond donors (Lipinski definition) is 0. The minimum Gasteiger partial charge on any atom is -0.457 e. The van der Waals surface area contributed by atoms with Gasteiger partial charge < -0.3 is 4.74 Å². The summed E-state index contributed by atoms with van der Waals surface area (Å²) in [5, 5.41) is 2.33. The van der Waals surface area contributed by atoms with E-state index in [-0.39, 0.29) is 27.1 Å². The van der Waals surface area contributed by atoms with Gasteiger partial charge in [0.15, 0.2) is 0 Å². The van der Waals surface area contributed by atoms with Gasteiger partial charge in [-0.2, -0.15) is 0 Å². The molecule has 5 heteroatoms. The first-order valence-corrected chi connectivity index (χ1v) is 23.9. The first-order chi connectivity index (χ1) is 31.3. The zero-order valence-corrected chi connectivity index (χ0v) is 42.5. The van der Waals surface area contributed by atoms with Gasteiger partial charge in [-0.15, -0.1) is 0 Å². The zero-order chi connectivity index (χ0) is 48.0. The van der Waals surface area contributed by atoms with Crippen LogP contribution in [0, 0.1) is 0 Å². The molecule has 5 nitrogen and oxygen atoms in total. The van der Waals surface area contributed by atoms with E-state index < -0.39 is 0 Å². The van der Waals surface area contributed by atoms with Crippen molar-refractivity contribution >= 4 is 50.6 Å². The average molecular weight is 885 g/mol. The molecule has 6 aromatic carbocycles. The van der Waals surface area contributed by atoms with E-state index in [1.54, 1.807) is 0 Å².